The molecule has 23 heavy (non-hydrogen) atoms. The number of hydrogen-bond donors (Lipinski definition) is 3. The van der Waals surface area contributed by atoms with Gasteiger partial charge in [-0.2, -0.15) is 5.10 Å². The first-order chi connectivity index (χ1) is 11.1. The molecule has 0 bridgehead atoms. The number of nitrogens with one attached hydrogen (secondary N) is 2. The summed E-state index contributed by atoms with van der Waals surface area (Å²) in [7, 11) is 1.59. The maximum absolute atomic E-state index is 12.2. The zero-order valence-corrected chi connectivity index (χ0v) is 12.6. The number of hydrogen-bond acceptors (Lipinski definition) is 4. The molecular weight excluding hydrogens is 298 g/mol. The van der Waals surface area contributed by atoms with Gasteiger partial charge in [0, 0.05) is 5.56 Å². The second-order valence-electron chi connectivity index (χ2n) is 5.52. The molecule has 0 radical (unpaired) electrons. The Labute approximate surface area is 132 Å². The number of carboxylic acids is 1. The van der Waals surface area contributed by atoms with Gasteiger partial charge in [0.05, 0.1) is 12.8 Å². The predicted octanol–water partition coefficient (Wildman–Crippen LogP) is 1.68. The SMILES string of the molecule is COc1ccc(-c2cc(C(=O)NC(C(=O)O)C3CC3)[nH]n2)cc1. The van der Waals surface area contributed by atoms with Crippen molar-refractivity contribution in [1.82, 2.24) is 15.5 Å². The molecule has 1 amide bonds. The van der Waals surface area contributed by atoms with E-state index in [1.165, 1.54) is 0 Å². The number of nitrogens with zero attached hydrogens (tertiary/aromatic N) is 1. The van der Waals surface area contributed by atoms with E-state index < -0.39 is 17.9 Å². The van der Waals surface area contributed by atoms with Crippen molar-refractivity contribution >= 4 is 11.9 Å². The van der Waals surface area contributed by atoms with Crippen molar-refractivity contribution < 1.29 is 19.4 Å². The molecule has 3 rings (SSSR count). The van der Waals surface area contributed by atoms with Crippen LogP contribution in [0.4, 0.5) is 0 Å². The minimum absolute atomic E-state index is 0.0282. The van der Waals surface area contributed by atoms with E-state index in [4.69, 9.17) is 9.84 Å². The lowest BCUT2D eigenvalue weighted by molar-refractivity contribution is -0.139. The summed E-state index contributed by atoms with van der Waals surface area (Å²) in [6.45, 7) is 0. The maximum atomic E-state index is 12.2. The number of aromatic nitrogens is 2. The van der Waals surface area contributed by atoms with Gasteiger partial charge >= 0.3 is 5.97 Å². The van der Waals surface area contributed by atoms with E-state index in [1.807, 2.05) is 12.1 Å². The Bertz CT molecular complexity index is 719. The zero-order chi connectivity index (χ0) is 16.4. The van der Waals surface area contributed by atoms with Gasteiger partial charge in [0.2, 0.25) is 0 Å². The molecule has 1 fully saturated rings. The highest BCUT2D eigenvalue weighted by Crippen LogP contribution is 2.33. The Morgan fingerprint density at radius 1 is 1.35 bits per heavy atom. The molecule has 0 aliphatic heterocycles. The third kappa shape index (κ3) is 3.33. The summed E-state index contributed by atoms with van der Waals surface area (Å²) in [5.74, 6) is -0.705. The van der Waals surface area contributed by atoms with Crippen LogP contribution in [0.1, 0.15) is 23.3 Å². The van der Waals surface area contributed by atoms with Crippen LogP contribution in [0.3, 0.4) is 0 Å². The monoisotopic (exact) mass is 315 g/mol. The molecule has 7 nitrogen and oxygen atoms in total. The Balaban J connectivity index is 1.72. The molecule has 7 heteroatoms. The average Bonchev–Trinajstić information content (AvgIpc) is 3.27. The molecule has 1 aliphatic carbocycles. The highest BCUT2D eigenvalue weighted by Gasteiger charge is 2.37. The van der Waals surface area contributed by atoms with Gasteiger partial charge in [-0.25, -0.2) is 4.79 Å². The average molecular weight is 315 g/mol. The van der Waals surface area contributed by atoms with Crippen LogP contribution < -0.4 is 10.1 Å². The number of carbonyl (C=O) groups excluding carboxylic acids is 1. The summed E-state index contributed by atoms with van der Waals surface area (Å²) in [5.41, 5.74) is 1.68. The summed E-state index contributed by atoms with van der Waals surface area (Å²) < 4.78 is 5.09. The highest BCUT2D eigenvalue weighted by molar-refractivity contribution is 5.96. The lowest BCUT2D eigenvalue weighted by Crippen LogP contribution is -2.42. The van der Waals surface area contributed by atoms with E-state index in [9.17, 15) is 9.59 Å². The fraction of sp³-hybridized carbons (Fsp3) is 0.312. The topological polar surface area (TPSA) is 104 Å². The molecule has 3 N–H and O–H groups in total. The van der Waals surface area contributed by atoms with Crippen LogP contribution in [0.15, 0.2) is 30.3 Å². The van der Waals surface area contributed by atoms with Gasteiger partial charge in [0.15, 0.2) is 0 Å². The van der Waals surface area contributed by atoms with Gasteiger partial charge in [0.25, 0.3) is 5.91 Å². The number of H-pyrrole nitrogens is 1. The van der Waals surface area contributed by atoms with Gasteiger partial charge in [-0.1, -0.05) is 0 Å². The number of methoxy groups -OCH3 is 1. The fourth-order valence-electron chi connectivity index (χ4n) is 2.38. The molecule has 1 unspecified atom stereocenters. The quantitative estimate of drug-likeness (QED) is 0.752. The number of carbonyl (C=O) groups is 2. The normalized spacial score (nSPS) is 15.0. The molecule has 0 spiro atoms. The third-order valence-corrected chi connectivity index (χ3v) is 3.85. The van der Waals surface area contributed by atoms with Gasteiger partial charge < -0.3 is 15.2 Å². The van der Waals surface area contributed by atoms with Crippen molar-refractivity contribution in [3.63, 3.8) is 0 Å². The summed E-state index contributed by atoms with van der Waals surface area (Å²) in [6.07, 6.45) is 1.66. The second kappa shape index (κ2) is 6.12. The third-order valence-electron chi connectivity index (χ3n) is 3.85. The van der Waals surface area contributed by atoms with Crippen molar-refractivity contribution in [3.8, 4) is 17.0 Å². The zero-order valence-electron chi connectivity index (χ0n) is 12.6. The van der Waals surface area contributed by atoms with E-state index >= 15 is 0 Å². The minimum atomic E-state index is -1.00. The van der Waals surface area contributed by atoms with Crippen molar-refractivity contribution in [3.05, 3.63) is 36.0 Å². The molecule has 1 heterocycles. The van der Waals surface area contributed by atoms with Crippen molar-refractivity contribution in [1.29, 1.82) is 0 Å². The molecule has 1 aromatic carbocycles. The molecule has 120 valence electrons. The van der Waals surface area contributed by atoms with Gasteiger partial charge in [0.1, 0.15) is 17.5 Å². The first kappa shape index (κ1) is 15.1. The van der Waals surface area contributed by atoms with Crippen molar-refractivity contribution in [2.24, 2.45) is 5.92 Å². The van der Waals surface area contributed by atoms with E-state index in [0.717, 1.165) is 24.2 Å². The Kier molecular flexibility index (Phi) is 4.01. The number of rotatable bonds is 6. The standard InChI is InChI=1S/C16H17N3O4/c1-23-11-6-4-9(5-7-11)12-8-13(19-18-12)15(20)17-14(16(21)22)10-2-3-10/h4-8,10,14H,2-3H2,1H3,(H,17,20)(H,18,19)(H,21,22). The van der Waals surface area contributed by atoms with Crippen LogP contribution >= 0.6 is 0 Å². The van der Waals surface area contributed by atoms with Crippen LogP contribution in [0.2, 0.25) is 0 Å². The Morgan fingerprint density at radius 2 is 2.04 bits per heavy atom. The van der Waals surface area contributed by atoms with Crippen molar-refractivity contribution in [2.45, 2.75) is 18.9 Å². The molecule has 1 aromatic heterocycles. The molecule has 2 aromatic rings. The first-order valence-electron chi connectivity index (χ1n) is 7.32. The molecular formula is C16H17N3O4. The molecule has 0 saturated heterocycles. The number of amides is 1. The van der Waals surface area contributed by atoms with E-state index in [0.29, 0.717) is 5.69 Å². The molecule has 1 atom stereocenters. The van der Waals surface area contributed by atoms with Gasteiger partial charge in [-0.3, -0.25) is 9.89 Å². The molecule has 1 saturated carbocycles. The lowest BCUT2D eigenvalue weighted by Gasteiger charge is -2.12. The van der Waals surface area contributed by atoms with E-state index in [-0.39, 0.29) is 11.6 Å². The molecule has 1 aliphatic rings. The smallest absolute Gasteiger partial charge is 0.326 e. The Hall–Kier alpha value is -2.83. The Morgan fingerprint density at radius 3 is 2.61 bits per heavy atom. The maximum Gasteiger partial charge on any atom is 0.326 e. The van der Waals surface area contributed by atoms with Gasteiger partial charge in [-0.15, -0.1) is 0 Å². The van der Waals surface area contributed by atoms with E-state index in [2.05, 4.69) is 15.5 Å². The second-order valence-corrected chi connectivity index (χ2v) is 5.52. The highest BCUT2D eigenvalue weighted by atomic mass is 16.5. The summed E-state index contributed by atoms with van der Waals surface area (Å²) in [4.78, 5) is 23.4. The van der Waals surface area contributed by atoms with Crippen LogP contribution in [-0.2, 0) is 4.79 Å². The van der Waals surface area contributed by atoms with E-state index in [1.54, 1.807) is 25.3 Å². The number of benzene rings is 1. The predicted molar refractivity (Wildman–Crippen MR) is 82.2 cm³/mol. The number of aliphatic carboxylic acids is 1. The largest absolute Gasteiger partial charge is 0.497 e. The minimum Gasteiger partial charge on any atom is -0.497 e. The number of aromatic amines is 1. The number of ether oxygens (including phenoxy) is 1. The van der Waals surface area contributed by atoms with Gasteiger partial charge in [-0.05, 0) is 49.1 Å². The lowest BCUT2D eigenvalue weighted by atomic mass is 10.1. The fourth-order valence-corrected chi connectivity index (χ4v) is 2.38. The summed E-state index contributed by atoms with van der Waals surface area (Å²) in [6, 6.07) is 8.04. The van der Waals surface area contributed by atoms with Crippen LogP contribution in [0.25, 0.3) is 11.3 Å². The summed E-state index contributed by atoms with van der Waals surface area (Å²) >= 11 is 0. The number of carboxylic acid groups (broad SMARTS) is 1. The van der Waals surface area contributed by atoms with Crippen LogP contribution in [-0.4, -0.2) is 40.3 Å². The summed E-state index contributed by atoms with van der Waals surface area (Å²) in [5, 5.41) is 18.5. The first-order valence-corrected chi connectivity index (χ1v) is 7.32. The van der Waals surface area contributed by atoms with Crippen LogP contribution in [0, 0.1) is 5.92 Å². The van der Waals surface area contributed by atoms with Crippen molar-refractivity contribution in [2.75, 3.05) is 7.11 Å². The van der Waals surface area contributed by atoms with Crippen LogP contribution in [0.5, 0.6) is 5.75 Å².